The van der Waals surface area contributed by atoms with Gasteiger partial charge in [-0.2, -0.15) is 0 Å². The normalized spacial score (nSPS) is 19.8. The van der Waals surface area contributed by atoms with E-state index in [9.17, 15) is 14.7 Å². The zero-order chi connectivity index (χ0) is 16.4. The molecule has 1 aromatic rings. The van der Waals surface area contributed by atoms with Crippen molar-refractivity contribution < 1.29 is 19.1 Å². The smallest absolute Gasteiger partial charge is 0.327 e. The van der Waals surface area contributed by atoms with Crippen LogP contribution in [0, 0.1) is 12.8 Å². The van der Waals surface area contributed by atoms with E-state index in [4.69, 9.17) is 16.6 Å². The van der Waals surface area contributed by atoms with Gasteiger partial charge in [-0.05, 0) is 25.0 Å². The van der Waals surface area contributed by atoms with Crippen molar-refractivity contribution in [3.05, 3.63) is 28.6 Å². The molecule has 0 unspecified atom stereocenters. The maximum absolute atomic E-state index is 12.5. The van der Waals surface area contributed by atoms with E-state index in [-0.39, 0.29) is 16.1 Å². The predicted molar refractivity (Wildman–Crippen MR) is 89.3 cm³/mol. The van der Waals surface area contributed by atoms with E-state index in [0.29, 0.717) is 17.1 Å². The van der Waals surface area contributed by atoms with Crippen LogP contribution >= 0.6 is 24.0 Å². The molecule has 0 aromatic carbocycles. The highest BCUT2D eigenvalue weighted by Crippen LogP contribution is 2.36. The van der Waals surface area contributed by atoms with Gasteiger partial charge in [-0.3, -0.25) is 9.69 Å². The second kappa shape index (κ2) is 6.66. The second-order valence-corrected chi connectivity index (χ2v) is 6.84. The van der Waals surface area contributed by atoms with Crippen molar-refractivity contribution in [1.82, 2.24) is 4.90 Å². The van der Waals surface area contributed by atoms with Crippen molar-refractivity contribution in [3.8, 4) is 0 Å². The van der Waals surface area contributed by atoms with Gasteiger partial charge in [-0.1, -0.05) is 44.2 Å². The fourth-order valence-corrected chi connectivity index (χ4v) is 3.52. The molecule has 0 saturated carbocycles. The quantitative estimate of drug-likeness (QED) is 0.656. The van der Waals surface area contributed by atoms with Crippen LogP contribution in [-0.4, -0.2) is 32.2 Å². The summed E-state index contributed by atoms with van der Waals surface area (Å²) < 4.78 is 5.69. The van der Waals surface area contributed by atoms with Gasteiger partial charge in [0, 0.05) is 6.08 Å². The SMILES string of the molecule is CC[C@@H](C)[C@@H](C(=O)O)N1C(=O)/C(=C\c2ccc(C)o2)SC1=S. The summed E-state index contributed by atoms with van der Waals surface area (Å²) in [6, 6.07) is 2.61. The number of aryl methyl sites for hydroxylation is 1. The number of carbonyl (C=O) groups excluding carboxylic acids is 1. The molecule has 0 aliphatic carbocycles. The summed E-state index contributed by atoms with van der Waals surface area (Å²) in [6.07, 6.45) is 2.24. The molecule has 1 fully saturated rings. The number of hydrogen-bond donors (Lipinski definition) is 1. The third-order valence-electron chi connectivity index (χ3n) is 3.57. The lowest BCUT2D eigenvalue weighted by atomic mass is 9.98. The topological polar surface area (TPSA) is 70.8 Å². The van der Waals surface area contributed by atoms with Crippen LogP contribution in [-0.2, 0) is 9.59 Å². The Kier molecular flexibility index (Phi) is 5.08. The summed E-state index contributed by atoms with van der Waals surface area (Å²) in [5.41, 5.74) is 0. The van der Waals surface area contributed by atoms with Gasteiger partial charge in [-0.25, -0.2) is 4.79 Å². The van der Waals surface area contributed by atoms with E-state index in [1.807, 2.05) is 13.8 Å². The molecule has 2 atom stereocenters. The predicted octanol–water partition coefficient (Wildman–Crippen LogP) is 3.29. The Morgan fingerprint density at radius 2 is 2.23 bits per heavy atom. The Morgan fingerprint density at radius 3 is 2.73 bits per heavy atom. The molecule has 118 valence electrons. The van der Waals surface area contributed by atoms with Crippen LogP contribution in [0.3, 0.4) is 0 Å². The van der Waals surface area contributed by atoms with Crippen molar-refractivity contribution in [3.63, 3.8) is 0 Å². The highest BCUT2D eigenvalue weighted by Gasteiger charge is 2.42. The monoisotopic (exact) mass is 339 g/mol. The van der Waals surface area contributed by atoms with Gasteiger partial charge >= 0.3 is 5.97 Å². The van der Waals surface area contributed by atoms with Gasteiger partial charge < -0.3 is 9.52 Å². The first-order chi connectivity index (χ1) is 10.3. The molecular formula is C15H17NO4S2. The average molecular weight is 339 g/mol. The van der Waals surface area contributed by atoms with Crippen molar-refractivity contribution in [1.29, 1.82) is 0 Å². The third-order valence-corrected chi connectivity index (χ3v) is 4.90. The van der Waals surface area contributed by atoms with E-state index in [2.05, 4.69) is 0 Å². The van der Waals surface area contributed by atoms with Gasteiger partial charge in [0.05, 0.1) is 4.91 Å². The number of thiocarbonyl (C=S) groups is 1. The van der Waals surface area contributed by atoms with Crippen LogP contribution in [0.4, 0.5) is 0 Å². The highest BCUT2D eigenvalue weighted by molar-refractivity contribution is 8.26. The van der Waals surface area contributed by atoms with Crippen LogP contribution in [0.25, 0.3) is 6.08 Å². The maximum atomic E-state index is 12.5. The van der Waals surface area contributed by atoms with Crippen LogP contribution in [0.2, 0.25) is 0 Å². The minimum Gasteiger partial charge on any atom is -0.480 e. The summed E-state index contributed by atoms with van der Waals surface area (Å²) in [5.74, 6) is -0.319. The van der Waals surface area contributed by atoms with Crippen LogP contribution in [0.5, 0.6) is 0 Å². The Bertz CT molecular complexity index is 650. The molecular weight excluding hydrogens is 322 g/mol. The number of carboxylic acid groups (broad SMARTS) is 1. The van der Waals surface area contributed by atoms with E-state index in [1.54, 1.807) is 25.1 Å². The van der Waals surface area contributed by atoms with E-state index in [1.165, 1.54) is 4.90 Å². The van der Waals surface area contributed by atoms with E-state index >= 15 is 0 Å². The number of rotatable bonds is 5. The molecule has 1 N–H and O–H groups in total. The standard InChI is InChI=1S/C15H17NO4S2/c1-4-8(2)12(14(18)19)16-13(17)11(22-15(16)21)7-10-6-5-9(3)20-10/h5-8,12H,4H2,1-3H3,(H,18,19)/b11-7+/t8-,12+/m1/s1. The first kappa shape index (κ1) is 16.8. The molecule has 1 saturated heterocycles. The number of furan rings is 1. The first-order valence-electron chi connectivity index (χ1n) is 6.91. The fourth-order valence-electron chi connectivity index (χ4n) is 2.21. The van der Waals surface area contributed by atoms with Crippen molar-refractivity contribution in [2.45, 2.75) is 33.2 Å². The number of thioether (sulfide) groups is 1. The molecule has 0 radical (unpaired) electrons. The van der Waals surface area contributed by atoms with E-state index in [0.717, 1.165) is 17.5 Å². The number of carboxylic acids is 1. The molecule has 2 heterocycles. The third kappa shape index (κ3) is 3.25. The Hall–Kier alpha value is -1.60. The Morgan fingerprint density at radius 1 is 1.55 bits per heavy atom. The summed E-state index contributed by atoms with van der Waals surface area (Å²) in [7, 11) is 0. The minimum absolute atomic E-state index is 0.190. The van der Waals surface area contributed by atoms with Gasteiger partial charge in [0.15, 0.2) is 0 Å². The van der Waals surface area contributed by atoms with Crippen LogP contribution in [0.1, 0.15) is 31.8 Å². The maximum Gasteiger partial charge on any atom is 0.327 e. The minimum atomic E-state index is -1.04. The zero-order valence-corrected chi connectivity index (χ0v) is 14.2. The van der Waals surface area contributed by atoms with Gasteiger partial charge in [-0.15, -0.1) is 0 Å². The van der Waals surface area contributed by atoms with Gasteiger partial charge in [0.1, 0.15) is 21.9 Å². The first-order valence-corrected chi connectivity index (χ1v) is 8.14. The molecule has 7 heteroatoms. The molecule has 5 nitrogen and oxygen atoms in total. The van der Waals surface area contributed by atoms with Crippen molar-refractivity contribution in [2.24, 2.45) is 5.92 Å². The van der Waals surface area contributed by atoms with Gasteiger partial charge in [0.2, 0.25) is 0 Å². The number of hydrogen-bond acceptors (Lipinski definition) is 5. The molecule has 1 amide bonds. The average Bonchev–Trinajstić information content (AvgIpc) is 2.97. The molecule has 0 bridgehead atoms. The molecule has 0 spiro atoms. The summed E-state index contributed by atoms with van der Waals surface area (Å²) in [6.45, 7) is 5.50. The molecule has 22 heavy (non-hydrogen) atoms. The molecule has 1 aromatic heterocycles. The number of nitrogens with zero attached hydrogens (tertiary/aromatic N) is 1. The van der Waals surface area contributed by atoms with Gasteiger partial charge in [0.25, 0.3) is 5.91 Å². The fraction of sp³-hybridized carbons (Fsp3) is 0.400. The lowest BCUT2D eigenvalue weighted by molar-refractivity contribution is -0.147. The van der Waals surface area contributed by atoms with E-state index < -0.39 is 12.0 Å². The van der Waals surface area contributed by atoms with Crippen molar-refractivity contribution in [2.75, 3.05) is 0 Å². The largest absolute Gasteiger partial charge is 0.480 e. The number of aliphatic carboxylic acids is 1. The lowest BCUT2D eigenvalue weighted by Gasteiger charge is -2.27. The number of amides is 1. The summed E-state index contributed by atoms with van der Waals surface area (Å²) in [4.78, 5) is 25.7. The summed E-state index contributed by atoms with van der Waals surface area (Å²) >= 11 is 6.32. The van der Waals surface area contributed by atoms with Crippen LogP contribution in [0.15, 0.2) is 21.5 Å². The molecule has 2 rings (SSSR count). The molecule has 1 aliphatic heterocycles. The lowest BCUT2D eigenvalue weighted by Crippen LogP contribution is -2.47. The van der Waals surface area contributed by atoms with Crippen molar-refractivity contribution >= 4 is 46.3 Å². The number of carbonyl (C=O) groups is 2. The Labute approximate surface area is 138 Å². The second-order valence-electron chi connectivity index (χ2n) is 5.17. The highest BCUT2D eigenvalue weighted by atomic mass is 32.2. The van der Waals surface area contributed by atoms with Crippen LogP contribution < -0.4 is 0 Å². The molecule has 1 aliphatic rings. The zero-order valence-electron chi connectivity index (χ0n) is 12.5. The summed E-state index contributed by atoms with van der Waals surface area (Å²) in [5, 5.41) is 9.45. The Balaban J connectivity index is 2.32.